The molecule has 0 saturated carbocycles. The van der Waals surface area contributed by atoms with Gasteiger partial charge in [0.2, 0.25) is 0 Å². The average molecular weight is 363 g/mol. The number of rotatable bonds is 7. The molecule has 0 aromatic heterocycles. The van der Waals surface area contributed by atoms with Crippen LogP contribution < -0.4 is 19.7 Å². The molecule has 134 valence electrons. The molecule has 2 rings (SSSR count). The van der Waals surface area contributed by atoms with E-state index < -0.39 is 0 Å². The van der Waals surface area contributed by atoms with Crippen LogP contribution in [0.3, 0.4) is 0 Å². The maximum Gasteiger partial charge on any atom is 0.255 e. The van der Waals surface area contributed by atoms with Crippen molar-refractivity contribution in [2.24, 2.45) is 0 Å². The number of hydrogen-bond acceptors (Lipinski definition) is 4. The number of hydrogen-bond donors (Lipinski definition) is 1. The highest BCUT2D eigenvalue weighted by atomic mass is 35.5. The maximum absolute atomic E-state index is 12.5. The van der Waals surface area contributed by atoms with Gasteiger partial charge >= 0.3 is 0 Å². The number of benzene rings is 2. The topological polar surface area (TPSA) is 50.8 Å². The summed E-state index contributed by atoms with van der Waals surface area (Å²) in [6.45, 7) is 6.10. The van der Waals surface area contributed by atoms with Crippen molar-refractivity contribution in [3.05, 3.63) is 47.0 Å². The van der Waals surface area contributed by atoms with E-state index in [0.717, 1.165) is 18.8 Å². The first kappa shape index (κ1) is 18.9. The minimum absolute atomic E-state index is 0.265. The second-order valence-electron chi connectivity index (χ2n) is 5.37. The van der Waals surface area contributed by atoms with Gasteiger partial charge in [0.05, 0.1) is 19.2 Å². The van der Waals surface area contributed by atoms with E-state index in [2.05, 4.69) is 24.1 Å². The van der Waals surface area contributed by atoms with Crippen LogP contribution >= 0.6 is 11.6 Å². The quantitative estimate of drug-likeness (QED) is 0.790. The number of methoxy groups -OCH3 is 2. The van der Waals surface area contributed by atoms with Crippen LogP contribution in [-0.4, -0.2) is 33.2 Å². The number of carbonyl (C=O) groups is 1. The van der Waals surface area contributed by atoms with Gasteiger partial charge in [0.25, 0.3) is 5.91 Å². The first-order valence-electron chi connectivity index (χ1n) is 8.11. The molecule has 0 aliphatic rings. The molecule has 0 radical (unpaired) electrons. The number of anilines is 2. The Labute approximate surface area is 153 Å². The molecule has 0 aliphatic carbocycles. The molecule has 0 unspecified atom stereocenters. The van der Waals surface area contributed by atoms with Gasteiger partial charge in [0, 0.05) is 30.0 Å². The van der Waals surface area contributed by atoms with Crippen LogP contribution in [0.15, 0.2) is 36.4 Å². The highest BCUT2D eigenvalue weighted by molar-refractivity contribution is 6.32. The molecule has 0 atom stereocenters. The van der Waals surface area contributed by atoms with Crippen molar-refractivity contribution in [2.75, 3.05) is 37.5 Å². The Kier molecular flexibility index (Phi) is 6.53. The fourth-order valence-electron chi connectivity index (χ4n) is 2.60. The molecule has 0 saturated heterocycles. The van der Waals surface area contributed by atoms with Crippen molar-refractivity contribution in [1.29, 1.82) is 0 Å². The second kappa shape index (κ2) is 8.62. The summed E-state index contributed by atoms with van der Waals surface area (Å²) >= 11 is 6.16. The van der Waals surface area contributed by atoms with E-state index in [0.29, 0.717) is 27.8 Å². The van der Waals surface area contributed by atoms with Crippen molar-refractivity contribution >= 4 is 28.9 Å². The van der Waals surface area contributed by atoms with Gasteiger partial charge in [-0.3, -0.25) is 4.79 Å². The van der Waals surface area contributed by atoms with Crippen LogP contribution in [0, 0.1) is 0 Å². The van der Waals surface area contributed by atoms with Gasteiger partial charge in [-0.25, -0.2) is 0 Å². The largest absolute Gasteiger partial charge is 0.493 e. The molecule has 0 spiro atoms. The van der Waals surface area contributed by atoms with Crippen molar-refractivity contribution in [2.45, 2.75) is 13.8 Å². The molecule has 25 heavy (non-hydrogen) atoms. The van der Waals surface area contributed by atoms with Gasteiger partial charge in [-0.05, 0) is 50.2 Å². The van der Waals surface area contributed by atoms with E-state index in [1.165, 1.54) is 14.2 Å². The summed E-state index contributed by atoms with van der Waals surface area (Å²) in [7, 11) is 3.00. The molecule has 2 aromatic rings. The smallest absolute Gasteiger partial charge is 0.255 e. The molecule has 1 amide bonds. The van der Waals surface area contributed by atoms with Gasteiger partial charge in [-0.2, -0.15) is 0 Å². The Morgan fingerprint density at radius 3 is 2.24 bits per heavy atom. The van der Waals surface area contributed by atoms with Crippen molar-refractivity contribution < 1.29 is 14.3 Å². The minimum atomic E-state index is -0.265. The van der Waals surface area contributed by atoms with Gasteiger partial charge in [0.1, 0.15) is 0 Å². The van der Waals surface area contributed by atoms with Crippen LogP contribution in [0.5, 0.6) is 11.5 Å². The first-order chi connectivity index (χ1) is 12.0. The lowest BCUT2D eigenvalue weighted by molar-refractivity contribution is 0.102. The van der Waals surface area contributed by atoms with E-state index in [9.17, 15) is 4.79 Å². The SMILES string of the molecule is CCN(CC)c1ccc(NC(=O)c2cc(Cl)c(OC)c(OC)c2)cc1. The van der Waals surface area contributed by atoms with Crippen LogP contribution in [0.25, 0.3) is 0 Å². The zero-order valence-electron chi connectivity index (χ0n) is 14.9. The van der Waals surface area contributed by atoms with Gasteiger partial charge < -0.3 is 19.7 Å². The van der Waals surface area contributed by atoms with E-state index in [-0.39, 0.29) is 5.91 Å². The van der Waals surface area contributed by atoms with Crippen LogP contribution in [0.4, 0.5) is 11.4 Å². The molecule has 0 fully saturated rings. The molecule has 0 aliphatic heterocycles. The normalized spacial score (nSPS) is 10.3. The van der Waals surface area contributed by atoms with Gasteiger partial charge in [-0.15, -0.1) is 0 Å². The number of nitrogens with zero attached hydrogens (tertiary/aromatic N) is 1. The predicted molar refractivity (Wildman–Crippen MR) is 103 cm³/mol. The minimum Gasteiger partial charge on any atom is -0.493 e. The molecular formula is C19H23ClN2O3. The van der Waals surface area contributed by atoms with Crippen LogP contribution in [-0.2, 0) is 0 Å². The summed E-state index contributed by atoms with van der Waals surface area (Å²) in [4.78, 5) is 14.7. The summed E-state index contributed by atoms with van der Waals surface area (Å²) in [6.07, 6.45) is 0. The Balaban J connectivity index is 2.18. The lowest BCUT2D eigenvalue weighted by Gasteiger charge is -2.21. The Morgan fingerprint density at radius 1 is 1.08 bits per heavy atom. The number of carbonyl (C=O) groups excluding carboxylic acids is 1. The Hall–Kier alpha value is -2.40. The third-order valence-corrected chi connectivity index (χ3v) is 4.23. The predicted octanol–water partition coefficient (Wildman–Crippen LogP) is 4.46. The average Bonchev–Trinajstić information content (AvgIpc) is 2.63. The number of ether oxygens (including phenoxy) is 2. The third-order valence-electron chi connectivity index (χ3n) is 3.95. The summed E-state index contributed by atoms with van der Waals surface area (Å²) in [5.41, 5.74) is 2.24. The van der Waals surface area contributed by atoms with Gasteiger partial charge in [0.15, 0.2) is 11.5 Å². The summed E-state index contributed by atoms with van der Waals surface area (Å²) < 4.78 is 10.4. The molecule has 0 heterocycles. The highest BCUT2D eigenvalue weighted by Crippen LogP contribution is 2.36. The fourth-order valence-corrected chi connectivity index (χ4v) is 2.88. The molecule has 0 bridgehead atoms. The lowest BCUT2D eigenvalue weighted by atomic mass is 10.1. The zero-order valence-corrected chi connectivity index (χ0v) is 15.7. The standard InChI is InChI=1S/C19H23ClN2O3/c1-5-22(6-2)15-9-7-14(8-10-15)21-19(23)13-11-16(20)18(25-4)17(12-13)24-3/h7-12H,5-6H2,1-4H3,(H,21,23). The number of nitrogens with one attached hydrogen (secondary N) is 1. The number of amides is 1. The van der Waals surface area contributed by atoms with Crippen molar-refractivity contribution in [3.8, 4) is 11.5 Å². The summed E-state index contributed by atoms with van der Waals surface area (Å²) in [5.74, 6) is 0.555. The molecule has 1 N–H and O–H groups in total. The number of halogens is 1. The summed E-state index contributed by atoms with van der Waals surface area (Å²) in [5, 5.41) is 3.19. The van der Waals surface area contributed by atoms with Crippen molar-refractivity contribution in [3.63, 3.8) is 0 Å². The maximum atomic E-state index is 12.5. The van der Waals surface area contributed by atoms with Gasteiger partial charge in [-0.1, -0.05) is 11.6 Å². The van der Waals surface area contributed by atoms with E-state index in [1.807, 2.05) is 24.3 Å². The van der Waals surface area contributed by atoms with Crippen molar-refractivity contribution in [1.82, 2.24) is 0 Å². The Morgan fingerprint density at radius 2 is 1.72 bits per heavy atom. The lowest BCUT2D eigenvalue weighted by Crippen LogP contribution is -2.21. The third kappa shape index (κ3) is 4.37. The van der Waals surface area contributed by atoms with E-state index >= 15 is 0 Å². The van der Waals surface area contributed by atoms with E-state index in [1.54, 1.807) is 12.1 Å². The highest BCUT2D eigenvalue weighted by Gasteiger charge is 2.15. The molecular weight excluding hydrogens is 340 g/mol. The monoisotopic (exact) mass is 362 g/mol. The molecule has 5 nitrogen and oxygen atoms in total. The summed E-state index contributed by atoms with van der Waals surface area (Å²) in [6, 6.07) is 10.9. The fraction of sp³-hybridized carbons (Fsp3) is 0.316. The van der Waals surface area contributed by atoms with Crippen LogP contribution in [0.2, 0.25) is 5.02 Å². The van der Waals surface area contributed by atoms with E-state index in [4.69, 9.17) is 21.1 Å². The second-order valence-corrected chi connectivity index (χ2v) is 5.77. The molecule has 2 aromatic carbocycles. The molecule has 6 heteroatoms. The zero-order chi connectivity index (χ0) is 18.4. The Bertz CT molecular complexity index is 728. The van der Waals surface area contributed by atoms with Crippen LogP contribution in [0.1, 0.15) is 24.2 Å². The first-order valence-corrected chi connectivity index (χ1v) is 8.49.